The normalized spacial score (nSPS) is 18.0. The smallest absolute Gasteiger partial charge is 0.222 e. The number of nitrogens with zero attached hydrogens (tertiary/aromatic N) is 1. The fourth-order valence-electron chi connectivity index (χ4n) is 3.65. The molecule has 2 nitrogen and oxygen atoms in total. The lowest BCUT2D eigenvalue weighted by molar-refractivity contribution is -0.131. The van der Waals surface area contributed by atoms with Crippen LogP contribution in [0.15, 0.2) is 48.5 Å². The first-order chi connectivity index (χ1) is 12.1. The minimum atomic E-state index is -0.205. The Balaban J connectivity index is 1.61. The Kier molecular flexibility index (Phi) is 5.85. The molecule has 1 saturated heterocycles. The van der Waals surface area contributed by atoms with E-state index in [2.05, 4.69) is 25.1 Å². The van der Waals surface area contributed by atoms with Gasteiger partial charge < -0.3 is 4.90 Å². The number of hydrogen-bond acceptors (Lipinski definition) is 1. The van der Waals surface area contributed by atoms with Gasteiger partial charge >= 0.3 is 0 Å². The maximum absolute atomic E-state index is 13.2. The van der Waals surface area contributed by atoms with Crippen molar-refractivity contribution in [2.24, 2.45) is 0 Å². The number of amides is 1. The number of halogens is 1. The molecule has 0 radical (unpaired) electrons. The van der Waals surface area contributed by atoms with Crippen LogP contribution in [-0.2, 0) is 11.2 Å². The first kappa shape index (κ1) is 17.7. The molecule has 1 aliphatic heterocycles. The van der Waals surface area contributed by atoms with Gasteiger partial charge in [0.25, 0.3) is 0 Å². The predicted molar refractivity (Wildman–Crippen MR) is 99.1 cm³/mol. The van der Waals surface area contributed by atoms with Gasteiger partial charge in [0.05, 0.1) is 0 Å². The van der Waals surface area contributed by atoms with Crippen molar-refractivity contribution in [2.45, 2.75) is 44.9 Å². The van der Waals surface area contributed by atoms with Gasteiger partial charge in [-0.2, -0.15) is 0 Å². The van der Waals surface area contributed by atoms with Crippen molar-refractivity contribution in [3.05, 3.63) is 71.0 Å². The van der Waals surface area contributed by atoms with Gasteiger partial charge in [0.2, 0.25) is 5.91 Å². The lowest BCUT2D eigenvalue weighted by Crippen LogP contribution is -2.34. The molecule has 3 rings (SSSR count). The predicted octanol–water partition coefficient (Wildman–Crippen LogP) is 4.86. The van der Waals surface area contributed by atoms with E-state index in [1.165, 1.54) is 23.3 Å². The van der Waals surface area contributed by atoms with Crippen molar-refractivity contribution in [2.75, 3.05) is 13.1 Å². The molecule has 0 spiro atoms. The molecule has 0 unspecified atom stereocenters. The van der Waals surface area contributed by atoms with Gasteiger partial charge in [-0.25, -0.2) is 4.39 Å². The summed E-state index contributed by atoms with van der Waals surface area (Å²) in [5.74, 6) is 0.338. The molecule has 0 bridgehead atoms. The van der Waals surface area contributed by atoms with Gasteiger partial charge in [0, 0.05) is 25.4 Å². The monoisotopic (exact) mass is 339 g/mol. The van der Waals surface area contributed by atoms with Crippen LogP contribution in [0.3, 0.4) is 0 Å². The van der Waals surface area contributed by atoms with Crippen molar-refractivity contribution in [1.82, 2.24) is 4.90 Å². The zero-order chi connectivity index (χ0) is 17.6. The largest absolute Gasteiger partial charge is 0.342 e. The second-order valence-corrected chi connectivity index (χ2v) is 7.07. The Morgan fingerprint density at radius 1 is 1.16 bits per heavy atom. The number of rotatable bonds is 4. The first-order valence-corrected chi connectivity index (χ1v) is 9.20. The third-order valence-electron chi connectivity index (χ3n) is 5.08. The van der Waals surface area contributed by atoms with E-state index in [9.17, 15) is 9.18 Å². The minimum Gasteiger partial charge on any atom is -0.342 e. The fourth-order valence-corrected chi connectivity index (χ4v) is 3.65. The van der Waals surface area contributed by atoms with Crippen LogP contribution in [0.25, 0.3) is 0 Å². The van der Waals surface area contributed by atoms with Gasteiger partial charge in [-0.3, -0.25) is 4.79 Å². The number of carbonyl (C=O) groups excluding carboxylic acids is 1. The van der Waals surface area contributed by atoms with E-state index in [-0.39, 0.29) is 11.7 Å². The summed E-state index contributed by atoms with van der Waals surface area (Å²) in [6, 6.07) is 15.1. The van der Waals surface area contributed by atoms with Gasteiger partial charge in [0.15, 0.2) is 0 Å². The average molecular weight is 339 g/mol. The summed E-state index contributed by atoms with van der Waals surface area (Å²) in [7, 11) is 0. The lowest BCUT2D eigenvalue weighted by Gasteiger charge is -2.25. The molecule has 132 valence electrons. The highest BCUT2D eigenvalue weighted by Gasteiger charge is 2.23. The summed E-state index contributed by atoms with van der Waals surface area (Å²) < 4.78 is 13.2. The maximum Gasteiger partial charge on any atom is 0.222 e. The molecule has 1 atom stereocenters. The van der Waals surface area contributed by atoms with E-state index in [4.69, 9.17) is 0 Å². The first-order valence-electron chi connectivity index (χ1n) is 9.20. The molecule has 1 fully saturated rings. The van der Waals surface area contributed by atoms with Crippen LogP contribution < -0.4 is 0 Å². The second kappa shape index (κ2) is 8.28. The molecule has 2 aromatic carbocycles. The molecule has 0 N–H and O–H groups in total. The summed E-state index contributed by atoms with van der Waals surface area (Å²) in [6.07, 6.45) is 4.57. The SMILES string of the molecule is Cc1cccc(CCC(=O)N2CCCC[C@@H](c3ccc(F)cc3)C2)c1. The van der Waals surface area contributed by atoms with Gasteiger partial charge in [-0.15, -0.1) is 0 Å². The molecular weight excluding hydrogens is 313 g/mol. The fraction of sp³-hybridized carbons (Fsp3) is 0.409. The van der Waals surface area contributed by atoms with E-state index in [1.54, 1.807) is 0 Å². The zero-order valence-corrected chi connectivity index (χ0v) is 14.9. The number of carbonyl (C=O) groups is 1. The van der Waals surface area contributed by atoms with E-state index in [0.717, 1.165) is 44.3 Å². The molecule has 1 heterocycles. The van der Waals surface area contributed by atoms with Crippen molar-refractivity contribution >= 4 is 5.91 Å². The molecule has 25 heavy (non-hydrogen) atoms. The molecule has 1 aliphatic rings. The van der Waals surface area contributed by atoms with Crippen LogP contribution in [0.5, 0.6) is 0 Å². The van der Waals surface area contributed by atoms with E-state index < -0.39 is 0 Å². The summed E-state index contributed by atoms with van der Waals surface area (Å²) >= 11 is 0. The highest BCUT2D eigenvalue weighted by atomic mass is 19.1. The zero-order valence-electron chi connectivity index (χ0n) is 14.9. The Bertz CT molecular complexity index is 710. The molecule has 0 aliphatic carbocycles. The minimum absolute atomic E-state index is 0.205. The molecule has 3 heteroatoms. The molecule has 1 amide bonds. The Labute approximate surface area is 149 Å². The highest BCUT2D eigenvalue weighted by molar-refractivity contribution is 5.76. The summed E-state index contributed by atoms with van der Waals surface area (Å²) in [5, 5.41) is 0. The van der Waals surface area contributed by atoms with Crippen molar-refractivity contribution in [1.29, 1.82) is 0 Å². The van der Waals surface area contributed by atoms with Crippen LogP contribution in [0, 0.1) is 12.7 Å². The third kappa shape index (κ3) is 4.91. The number of likely N-dealkylation sites (tertiary alicyclic amines) is 1. The molecule has 0 aromatic heterocycles. The Hall–Kier alpha value is -2.16. The van der Waals surface area contributed by atoms with E-state index >= 15 is 0 Å². The van der Waals surface area contributed by atoms with E-state index in [1.807, 2.05) is 23.1 Å². The summed E-state index contributed by atoms with van der Waals surface area (Å²) in [4.78, 5) is 14.7. The Morgan fingerprint density at radius 2 is 1.96 bits per heavy atom. The molecule has 0 saturated carbocycles. The average Bonchev–Trinajstić information content (AvgIpc) is 2.87. The van der Waals surface area contributed by atoms with Crippen LogP contribution in [0.2, 0.25) is 0 Å². The van der Waals surface area contributed by atoms with Crippen molar-refractivity contribution in [3.8, 4) is 0 Å². The second-order valence-electron chi connectivity index (χ2n) is 7.07. The number of aryl methyl sites for hydroxylation is 2. The van der Waals surface area contributed by atoms with Gasteiger partial charge in [0.1, 0.15) is 5.82 Å². The van der Waals surface area contributed by atoms with Crippen LogP contribution in [-0.4, -0.2) is 23.9 Å². The van der Waals surface area contributed by atoms with Crippen LogP contribution >= 0.6 is 0 Å². The molecule has 2 aromatic rings. The van der Waals surface area contributed by atoms with Crippen molar-refractivity contribution in [3.63, 3.8) is 0 Å². The highest BCUT2D eigenvalue weighted by Crippen LogP contribution is 2.27. The van der Waals surface area contributed by atoms with Gasteiger partial charge in [-0.05, 0) is 49.4 Å². The summed E-state index contributed by atoms with van der Waals surface area (Å²) in [5.41, 5.74) is 3.59. The maximum atomic E-state index is 13.2. The third-order valence-corrected chi connectivity index (χ3v) is 5.08. The number of hydrogen-bond donors (Lipinski definition) is 0. The van der Waals surface area contributed by atoms with Gasteiger partial charge in [-0.1, -0.05) is 48.4 Å². The Morgan fingerprint density at radius 3 is 2.72 bits per heavy atom. The standard InChI is InChI=1S/C22H26FNO/c1-17-5-4-6-18(15-17)8-13-22(25)24-14-3-2-7-20(16-24)19-9-11-21(23)12-10-19/h4-6,9-12,15,20H,2-3,7-8,13-14,16H2,1H3/t20-/m1/s1. The van der Waals surface area contributed by atoms with E-state index in [0.29, 0.717) is 12.3 Å². The number of benzene rings is 2. The van der Waals surface area contributed by atoms with Crippen LogP contribution in [0.1, 0.15) is 48.3 Å². The van der Waals surface area contributed by atoms with Crippen molar-refractivity contribution < 1.29 is 9.18 Å². The quantitative estimate of drug-likeness (QED) is 0.779. The molecular formula is C22H26FNO. The lowest BCUT2D eigenvalue weighted by atomic mass is 9.94. The summed E-state index contributed by atoms with van der Waals surface area (Å²) in [6.45, 7) is 3.66. The topological polar surface area (TPSA) is 20.3 Å². The van der Waals surface area contributed by atoms with Crippen LogP contribution in [0.4, 0.5) is 4.39 Å².